The summed E-state index contributed by atoms with van der Waals surface area (Å²) in [6.45, 7) is 7.92. The maximum atomic E-state index is 14.3. The summed E-state index contributed by atoms with van der Waals surface area (Å²) in [6.07, 6.45) is 5.96. The Hall–Kier alpha value is -4.75. The third-order valence-corrected chi connectivity index (χ3v) is 10.3. The Labute approximate surface area is 300 Å². The second kappa shape index (κ2) is 17.0. The summed E-state index contributed by atoms with van der Waals surface area (Å²) in [5, 5.41) is 2.93. The van der Waals surface area contributed by atoms with Crippen molar-refractivity contribution in [3.63, 3.8) is 0 Å². The lowest BCUT2D eigenvalue weighted by Crippen LogP contribution is -2.60. The van der Waals surface area contributed by atoms with Gasteiger partial charge in [-0.15, -0.1) is 0 Å². The standard InChI is InChI=1S/C38H52N8O5/c1-5-43(6-2)20-10-11-21-45-36(49)38(46(37(45)50)29-12-8-7-9-13-29)18-22-44(23-19-38)35(48)33(24-28-14-16-31(51-4)17-15-28)41-34(47)32(39)25-30-26-40-27-42(30)3/h7-9,12-17,26-27,32-33H,5-6,10-11,18-25,39H2,1-4H3,(H,41,47)/t32-,33+/m0/s1. The fourth-order valence-electron chi connectivity index (χ4n) is 7.14. The molecule has 13 heteroatoms. The van der Waals surface area contributed by atoms with Gasteiger partial charge < -0.3 is 30.2 Å². The number of methoxy groups -OCH3 is 1. The third-order valence-electron chi connectivity index (χ3n) is 10.3. The van der Waals surface area contributed by atoms with Gasteiger partial charge in [-0.05, 0) is 75.1 Å². The van der Waals surface area contributed by atoms with E-state index in [2.05, 4.69) is 29.0 Å². The fraction of sp³-hybridized carbons (Fsp3) is 0.500. The lowest BCUT2D eigenvalue weighted by Gasteiger charge is -2.43. The molecule has 0 unspecified atom stereocenters. The number of unbranched alkanes of at least 4 members (excludes halogenated alkanes) is 1. The minimum Gasteiger partial charge on any atom is -0.497 e. The van der Waals surface area contributed by atoms with Crippen LogP contribution in [0.1, 0.15) is 50.8 Å². The molecule has 5 amide bonds. The normalized spacial score (nSPS) is 16.9. The molecule has 2 atom stereocenters. The van der Waals surface area contributed by atoms with E-state index in [1.165, 1.54) is 4.90 Å². The van der Waals surface area contributed by atoms with Crippen LogP contribution in [0.2, 0.25) is 0 Å². The Bertz CT molecular complexity index is 1630. The number of anilines is 1. The van der Waals surface area contributed by atoms with Gasteiger partial charge in [0.25, 0.3) is 5.91 Å². The maximum Gasteiger partial charge on any atom is 0.332 e. The van der Waals surface area contributed by atoms with E-state index < -0.39 is 23.5 Å². The van der Waals surface area contributed by atoms with Gasteiger partial charge in [-0.2, -0.15) is 0 Å². The van der Waals surface area contributed by atoms with Crippen LogP contribution in [-0.2, 0) is 34.3 Å². The average Bonchev–Trinajstić information content (AvgIpc) is 3.64. The Morgan fingerprint density at radius 3 is 2.29 bits per heavy atom. The SMILES string of the molecule is CCN(CC)CCCCN1C(=O)N(c2ccccc2)C2(CCN(C(=O)[C@@H](Cc3ccc(OC)cc3)NC(=O)[C@@H](N)Cc3cncn3C)CC2)C1=O. The second-order valence-electron chi connectivity index (χ2n) is 13.4. The summed E-state index contributed by atoms with van der Waals surface area (Å²) in [4.78, 5) is 67.1. The van der Waals surface area contributed by atoms with Gasteiger partial charge in [0.1, 0.15) is 17.3 Å². The monoisotopic (exact) mass is 700 g/mol. The van der Waals surface area contributed by atoms with Crippen molar-refractivity contribution in [3.05, 3.63) is 78.4 Å². The first kappa shape index (κ1) is 37.5. The minimum atomic E-state index is -1.10. The van der Waals surface area contributed by atoms with Crippen molar-refractivity contribution < 1.29 is 23.9 Å². The zero-order chi connectivity index (χ0) is 36.5. The lowest BCUT2D eigenvalue weighted by molar-refractivity contribution is -0.140. The number of imidazole rings is 1. The molecular weight excluding hydrogens is 648 g/mol. The van der Waals surface area contributed by atoms with Crippen molar-refractivity contribution in [3.8, 4) is 5.75 Å². The molecule has 51 heavy (non-hydrogen) atoms. The number of nitrogens with zero attached hydrogens (tertiary/aromatic N) is 6. The van der Waals surface area contributed by atoms with Crippen LogP contribution in [-0.4, -0.2) is 112 Å². The van der Waals surface area contributed by atoms with Crippen molar-refractivity contribution in [2.45, 2.75) is 70.0 Å². The number of ether oxygens (including phenoxy) is 1. The van der Waals surface area contributed by atoms with Crippen LogP contribution in [0.5, 0.6) is 5.75 Å². The molecule has 274 valence electrons. The zero-order valence-electron chi connectivity index (χ0n) is 30.3. The largest absolute Gasteiger partial charge is 0.497 e. The number of rotatable bonds is 16. The van der Waals surface area contributed by atoms with E-state index in [1.807, 2.05) is 61.6 Å². The van der Waals surface area contributed by atoms with E-state index in [0.29, 0.717) is 24.4 Å². The van der Waals surface area contributed by atoms with E-state index in [9.17, 15) is 19.2 Å². The number of amides is 5. The molecule has 2 aliphatic heterocycles. The molecule has 2 saturated heterocycles. The number of hydrogen-bond acceptors (Lipinski definition) is 8. The number of carbonyl (C=O) groups is 4. The lowest BCUT2D eigenvalue weighted by atomic mass is 9.85. The van der Waals surface area contributed by atoms with Crippen molar-refractivity contribution in [1.29, 1.82) is 0 Å². The van der Waals surface area contributed by atoms with Crippen LogP contribution < -0.4 is 20.7 Å². The molecule has 0 saturated carbocycles. The summed E-state index contributed by atoms with van der Waals surface area (Å²) in [7, 11) is 3.42. The number of benzene rings is 2. The molecule has 1 aromatic heterocycles. The van der Waals surface area contributed by atoms with E-state index >= 15 is 0 Å². The number of carbonyl (C=O) groups excluding carboxylic acids is 4. The third kappa shape index (κ3) is 8.42. The van der Waals surface area contributed by atoms with E-state index in [4.69, 9.17) is 10.5 Å². The predicted octanol–water partition coefficient (Wildman–Crippen LogP) is 2.98. The summed E-state index contributed by atoms with van der Waals surface area (Å²) in [6, 6.07) is 14.5. The number of imide groups is 1. The molecule has 3 heterocycles. The second-order valence-corrected chi connectivity index (χ2v) is 13.4. The minimum absolute atomic E-state index is 0.212. The molecule has 2 aliphatic rings. The molecule has 2 fully saturated rings. The first-order chi connectivity index (χ1) is 24.6. The first-order valence-corrected chi connectivity index (χ1v) is 18.0. The van der Waals surface area contributed by atoms with Gasteiger partial charge in [0.2, 0.25) is 11.8 Å². The van der Waals surface area contributed by atoms with Crippen LogP contribution in [0.15, 0.2) is 67.1 Å². The number of para-hydroxylation sites is 1. The Balaban J connectivity index is 1.32. The van der Waals surface area contributed by atoms with Crippen LogP contribution in [0.25, 0.3) is 0 Å². The van der Waals surface area contributed by atoms with Crippen molar-refractivity contribution in [2.75, 3.05) is 51.3 Å². The molecule has 13 nitrogen and oxygen atoms in total. The Morgan fingerprint density at radius 1 is 1.00 bits per heavy atom. The summed E-state index contributed by atoms with van der Waals surface area (Å²) >= 11 is 0. The molecule has 0 radical (unpaired) electrons. The smallest absolute Gasteiger partial charge is 0.332 e. The van der Waals surface area contributed by atoms with Gasteiger partial charge in [-0.1, -0.05) is 44.2 Å². The molecule has 2 aromatic carbocycles. The molecule has 5 rings (SSSR count). The Morgan fingerprint density at radius 2 is 1.69 bits per heavy atom. The number of hydrogen-bond donors (Lipinski definition) is 2. The van der Waals surface area contributed by atoms with E-state index in [1.54, 1.807) is 34.0 Å². The quantitative estimate of drug-likeness (QED) is 0.171. The number of piperidine rings is 1. The molecule has 3 aromatic rings. The van der Waals surface area contributed by atoms with Crippen LogP contribution in [0, 0.1) is 0 Å². The summed E-state index contributed by atoms with van der Waals surface area (Å²) in [5.74, 6) is -0.240. The van der Waals surface area contributed by atoms with Gasteiger partial charge in [-0.3, -0.25) is 24.2 Å². The average molecular weight is 701 g/mol. The van der Waals surface area contributed by atoms with Crippen LogP contribution >= 0.6 is 0 Å². The molecule has 3 N–H and O–H groups in total. The topological polar surface area (TPSA) is 146 Å². The Kier molecular flexibility index (Phi) is 12.5. The predicted molar refractivity (Wildman–Crippen MR) is 195 cm³/mol. The number of aryl methyl sites for hydroxylation is 1. The number of aromatic nitrogens is 2. The number of likely N-dealkylation sites (tertiary alicyclic amines) is 1. The fourth-order valence-corrected chi connectivity index (χ4v) is 7.14. The number of nitrogens with one attached hydrogen (secondary N) is 1. The van der Waals surface area contributed by atoms with Crippen molar-refractivity contribution in [2.24, 2.45) is 12.8 Å². The number of urea groups is 1. The van der Waals surface area contributed by atoms with Gasteiger partial charge in [0, 0.05) is 57.1 Å². The van der Waals surface area contributed by atoms with Gasteiger partial charge in [-0.25, -0.2) is 9.78 Å². The highest BCUT2D eigenvalue weighted by Gasteiger charge is 2.58. The maximum absolute atomic E-state index is 14.3. The highest BCUT2D eigenvalue weighted by atomic mass is 16.5. The van der Waals surface area contributed by atoms with Crippen LogP contribution in [0.3, 0.4) is 0 Å². The van der Waals surface area contributed by atoms with Gasteiger partial charge >= 0.3 is 6.03 Å². The molecular formula is C38H52N8O5. The number of nitrogens with two attached hydrogens (primary N) is 1. The molecule has 0 bridgehead atoms. The molecule has 0 aliphatic carbocycles. The van der Waals surface area contributed by atoms with Crippen molar-refractivity contribution >= 4 is 29.4 Å². The highest BCUT2D eigenvalue weighted by molar-refractivity contribution is 6.17. The highest BCUT2D eigenvalue weighted by Crippen LogP contribution is 2.41. The van der Waals surface area contributed by atoms with E-state index in [0.717, 1.165) is 37.3 Å². The first-order valence-electron chi connectivity index (χ1n) is 18.0. The van der Waals surface area contributed by atoms with Gasteiger partial charge in [0.05, 0.1) is 19.5 Å². The van der Waals surface area contributed by atoms with Crippen LogP contribution in [0.4, 0.5) is 10.5 Å². The summed E-state index contributed by atoms with van der Waals surface area (Å²) < 4.78 is 7.10. The van der Waals surface area contributed by atoms with Gasteiger partial charge in [0.15, 0.2) is 0 Å². The summed E-state index contributed by atoms with van der Waals surface area (Å²) in [5.41, 5.74) is 7.52. The van der Waals surface area contributed by atoms with E-state index in [-0.39, 0.29) is 56.6 Å². The molecule has 1 spiro atoms. The van der Waals surface area contributed by atoms with Crippen molar-refractivity contribution in [1.82, 2.24) is 29.6 Å². The zero-order valence-corrected chi connectivity index (χ0v) is 30.3.